The maximum Gasteiger partial charge on any atom is 0.164 e. The smallest absolute Gasteiger partial charge is 0.164 e. The lowest BCUT2D eigenvalue weighted by Crippen LogP contribution is -2.05. The summed E-state index contributed by atoms with van der Waals surface area (Å²) in [5.74, 6) is 6.23. The van der Waals surface area contributed by atoms with Gasteiger partial charge in [0.15, 0.2) is 69.9 Å². The van der Waals surface area contributed by atoms with E-state index in [-0.39, 0.29) is 0 Å². The van der Waals surface area contributed by atoms with Gasteiger partial charge in [0, 0.05) is 106 Å². The van der Waals surface area contributed by atoms with E-state index in [2.05, 4.69) is 93.0 Å². The molecule has 0 aliphatic carbocycles. The monoisotopic (exact) mass is 1430 g/mol. The molecule has 0 fully saturated rings. The molecule has 0 unspecified atom stereocenters. The summed E-state index contributed by atoms with van der Waals surface area (Å²) in [5.41, 5.74) is 16.7. The molecule has 13 aromatic carbocycles. The van der Waals surface area contributed by atoms with Crippen LogP contribution in [-0.4, -0.2) is 73.9 Å². The van der Waals surface area contributed by atoms with Crippen molar-refractivity contribution in [3.63, 3.8) is 0 Å². The summed E-state index contributed by atoms with van der Waals surface area (Å²) in [4.78, 5) is 66.9. The minimum Gasteiger partial charge on any atom is -0.308 e. The van der Waals surface area contributed by atoms with Gasteiger partial charge in [0.25, 0.3) is 0 Å². The minimum absolute atomic E-state index is 0.410. The molecule has 0 radical (unpaired) electrons. The van der Waals surface area contributed by atoms with Gasteiger partial charge in [-0.15, -0.1) is 0 Å². The van der Waals surface area contributed by atoms with Crippen molar-refractivity contribution < 1.29 is 0 Å². The molecule has 0 aliphatic rings. The second-order valence-electron chi connectivity index (χ2n) is 27.0. The van der Waals surface area contributed by atoms with Crippen molar-refractivity contribution in [1.29, 1.82) is 5.26 Å². The van der Waals surface area contributed by atoms with Crippen LogP contribution in [-0.2, 0) is 0 Å². The molecule has 7 heterocycles. The molecule has 522 valence electrons. The van der Waals surface area contributed by atoms with E-state index in [0.717, 1.165) is 133 Å². The predicted molar refractivity (Wildman–Crippen MR) is 442 cm³/mol. The molecule has 16 nitrogen and oxygen atoms in total. The molecular formula is C96H58N16. The van der Waals surface area contributed by atoms with Crippen LogP contribution in [0.5, 0.6) is 0 Å². The van der Waals surface area contributed by atoms with Crippen molar-refractivity contribution in [1.82, 2.24) is 73.9 Å². The molecule has 0 saturated heterocycles. The van der Waals surface area contributed by atoms with Crippen LogP contribution in [0.25, 0.3) is 203 Å². The lowest BCUT2D eigenvalue weighted by Gasteiger charge is -2.21. The van der Waals surface area contributed by atoms with E-state index in [1.807, 2.05) is 279 Å². The van der Waals surface area contributed by atoms with E-state index >= 15 is 0 Å². The number of pyridine rings is 1. The molecule has 0 amide bonds. The second-order valence-corrected chi connectivity index (χ2v) is 27.0. The second kappa shape index (κ2) is 28.1. The molecule has 0 saturated carbocycles. The van der Waals surface area contributed by atoms with Gasteiger partial charge in [-0.1, -0.05) is 243 Å². The van der Waals surface area contributed by atoms with Crippen molar-refractivity contribution in [3.8, 4) is 165 Å². The number of rotatable bonds is 15. The Hall–Kier alpha value is -15.9. The Kier molecular flexibility index (Phi) is 16.5. The Morgan fingerprint density at radius 3 is 0.589 bits per heavy atom. The molecule has 0 aliphatic heterocycles. The van der Waals surface area contributed by atoms with Gasteiger partial charge in [0.2, 0.25) is 0 Å². The number of hydrogen-bond donors (Lipinski definition) is 0. The Labute approximate surface area is 641 Å². The molecule has 0 atom stereocenters. The number of aromatic nitrogens is 15. The molecule has 20 aromatic rings. The SMILES string of the molecule is N#Cc1cc(-n2c3ccc(-c4nc(-c5ccccc5)nc(-c5ccccc5)n4)cc3c3cc(-c4nc(-c5ccccc5)nc(-c5ccccc5)n4)ccc32)c(-c2ccncc2)c(-n2c3ccc(-c4nc(-c5ccccc5)nc(-c5ccccc5)n4)cc3c3cc(-c4nc(-c5ccccc5)nc(-c5ccccc5)n4)ccc32)c1. The highest BCUT2D eigenvalue weighted by atomic mass is 15.1. The summed E-state index contributed by atoms with van der Waals surface area (Å²) >= 11 is 0. The van der Waals surface area contributed by atoms with E-state index in [9.17, 15) is 5.26 Å². The van der Waals surface area contributed by atoms with Crippen LogP contribution < -0.4 is 0 Å². The highest BCUT2D eigenvalue weighted by Gasteiger charge is 2.27. The third-order valence-electron chi connectivity index (χ3n) is 20.0. The number of nitriles is 1. The van der Waals surface area contributed by atoms with Gasteiger partial charge in [0.05, 0.1) is 45.1 Å². The predicted octanol–water partition coefficient (Wildman–Crippen LogP) is 21.6. The summed E-state index contributed by atoms with van der Waals surface area (Å²) in [6.45, 7) is 0. The fraction of sp³-hybridized carbons (Fsp3) is 0. The van der Waals surface area contributed by atoms with Crippen LogP contribution >= 0.6 is 0 Å². The number of nitrogens with zero attached hydrogens (tertiary/aromatic N) is 16. The molecule has 0 bridgehead atoms. The van der Waals surface area contributed by atoms with Crippen molar-refractivity contribution in [3.05, 3.63) is 358 Å². The van der Waals surface area contributed by atoms with Crippen LogP contribution in [0.3, 0.4) is 0 Å². The average molecular weight is 1440 g/mol. The van der Waals surface area contributed by atoms with Gasteiger partial charge in [-0.05, 0) is 103 Å². The van der Waals surface area contributed by atoms with Crippen molar-refractivity contribution in [2.45, 2.75) is 0 Å². The van der Waals surface area contributed by atoms with Crippen molar-refractivity contribution in [2.75, 3.05) is 0 Å². The fourth-order valence-electron chi connectivity index (χ4n) is 14.7. The van der Waals surface area contributed by atoms with Gasteiger partial charge >= 0.3 is 0 Å². The first kappa shape index (κ1) is 65.6. The normalized spacial score (nSPS) is 11.4. The Bertz CT molecular complexity index is 6040. The highest BCUT2D eigenvalue weighted by Crippen LogP contribution is 2.46. The molecule has 0 spiro atoms. The number of fused-ring (bicyclic) bond motifs is 6. The van der Waals surface area contributed by atoms with Crippen molar-refractivity contribution >= 4 is 43.6 Å². The number of benzene rings is 13. The van der Waals surface area contributed by atoms with Gasteiger partial charge in [-0.3, -0.25) is 4.98 Å². The van der Waals surface area contributed by atoms with Crippen molar-refractivity contribution in [2.24, 2.45) is 0 Å². The third-order valence-corrected chi connectivity index (χ3v) is 20.0. The molecule has 7 aromatic heterocycles. The first-order valence-electron chi connectivity index (χ1n) is 36.6. The first-order chi connectivity index (χ1) is 55.4. The molecule has 16 heteroatoms. The zero-order valence-electron chi connectivity index (χ0n) is 59.6. The van der Waals surface area contributed by atoms with E-state index in [0.29, 0.717) is 75.5 Å². The molecular weight excluding hydrogens is 1380 g/mol. The lowest BCUT2D eigenvalue weighted by molar-refractivity contribution is 1.07. The Morgan fingerprint density at radius 1 is 0.196 bits per heavy atom. The largest absolute Gasteiger partial charge is 0.308 e. The fourth-order valence-corrected chi connectivity index (χ4v) is 14.7. The minimum atomic E-state index is 0.410. The van der Waals surface area contributed by atoms with Crippen LogP contribution in [0.2, 0.25) is 0 Å². The topological polar surface area (TPSA) is 201 Å². The summed E-state index contributed by atoms with van der Waals surface area (Å²) in [6.07, 6.45) is 3.62. The summed E-state index contributed by atoms with van der Waals surface area (Å²) in [5, 5.41) is 15.2. The Balaban J connectivity index is 0.852. The van der Waals surface area contributed by atoms with Gasteiger partial charge in [0.1, 0.15) is 0 Å². The van der Waals surface area contributed by atoms with Gasteiger partial charge in [-0.25, -0.2) is 59.8 Å². The Morgan fingerprint density at radius 2 is 0.393 bits per heavy atom. The van der Waals surface area contributed by atoms with Crippen LogP contribution in [0.1, 0.15) is 5.56 Å². The van der Waals surface area contributed by atoms with Crippen LogP contribution in [0, 0.1) is 11.3 Å². The average Bonchev–Trinajstić information content (AvgIpc) is 1.55. The first-order valence-corrected chi connectivity index (χ1v) is 36.6. The van der Waals surface area contributed by atoms with E-state index in [1.54, 1.807) is 0 Å². The molecule has 20 rings (SSSR count). The molecule has 0 N–H and O–H groups in total. The van der Waals surface area contributed by atoms with Crippen LogP contribution in [0.15, 0.2) is 352 Å². The zero-order valence-corrected chi connectivity index (χ0v) is 59.6. The van der Waals surface area contributed by atoms with Crippen LogP contribution in [0.4, 0.5) is 0 Å². The maximum absolute atomic E-state index is 11.7. The zero-order chi connectivity index (χ0) is 74.4. The quantitative estimate of drug-likeness (QED) is 0.0938. The van der Waals surface area contributed by atoms with E-state index in [1.165, 1.54) is 0 Å². The van der Waals surface area contributed by atoms with E-state index in [4.69, 9.17) is 59.8 Å². The standard InChI is InChI=1S/C96H58N16/c97-59-60-53-82(111-78-45-41-70(93-103-85(62-25-9-1-10-26-62)99-86(104-93)63-27-11-2-12-28-63)55-74(78)75-56-71(42-46-79(75)111)94-105-87(64-29-13-3-14-30-64)100-88(106-94)65-31-15-4-16-32-65)84(61-49-51-98-52-50-61)83(54-60)112-80-47-43-72(95-107-89(66-33-17-5-18-34-66)101-90(108-95)67-35-19-6-20-36-67)57-76(80)77-58-73(44-48-81(77)112)96-109-91(68-37-21-7-22-38-68)102-92(110-96)69-39-23-8-24-40-69/h1-58H. The van der Waals surface area contributed by atoms with Gasteiger partial charge in [-0.2, -0.15) is 5.26 Å². The maximum atomic E-state index is 11.7. The molecule has 112 heavy (non-hydrogen) atoms. The van der Waals surface area contributed by atoms with E-state index < -0.39 is 0 Å². The number of hydrogen-bond acceptors (Lipinski definition) is 14. The highest BCUT2D eigenvalue weighted by molar-refractivity contribution is 6.14. The summed E-state index contributed by atoms with van der Waals surface area (Å²) in [6, 6.07) is 116. The lowest BCUT2D eigenvalue weighted by atomic mass is 9.98. The third kappa shape index (κ3) is 12.3. The van der Waals surface area contributed by atoms with Gasteiger partial charge < -0.3 is 9.13 Å². The summed E-state index contributed by atoms with van der Waals surface area (Å²) in [7, 11) is 0. The summed E-state index contributed by atoms with van der Waals surface area (Å²) < 4.78 is 4.54.